The van der Waals surface area contributed by atoms with E-state index in [0.717, 1.165) is 106 Å². The summed E-state index contributed by atoms with van der Waals surface area (Å²) in [5, 5.41) is 3.30. The van der Waals surface area contributed by atoms with Gasteiger partial charge < -0.3 is 14.4 Å². The summed E-state index contributed by atoms with van der Waals surface area (Å²) in [6.45, 7) is 0. The number of hydrogen-bond acceptors (Lipinski definition) is 5. The van der Waals surface area contributed by atoms with E-state index >= 15 is 0 Å². The van der Waals surface area contributed by atoms with Crippen molar-refractivity contribution in [1.82, 2.24) is 13.9 Å². The number of rotatable bonds is 12. The predicted octanol–water partition coefficient (Wildman–Crippen LogP) is 18.9. The van der Waals surface area contributed by atoms with Crippen molar-refractivity contribution in [2.75, 3.05) is 9.80 Å². The van der Waals surface area contributed by atoms with E-state index in [4.69, 9.17) is 4.98 Å². The van der Waals surface area contributed by atoms with Crippen molar-refractivity contribution >= 4 is 67.5 Å². The third-order valence-electron chi connectivity index (χ3n) is 13.8. The summed E-state index contributed by atoms with van der Waals surface area (Å²) in [4.78, 5) is 9.46. The number of fused-ring (bicyclic) bond motifs is 3. The highest BCUT2D eigenvalue weighted by Crippen LogP contribution is 2.41. The molecule has 13 aromatic rings. The number of aromatic nitrogens is 3. The molecule has 0 radical (unpaired) electrons. The normalized spacial score (nSPS) is 11.2. The molecule has 0 unspecified atom stereocenters. The summed E-state index contributed by atoms with van der Waals surface area (Å²) in [6.07, 6.45) is 0. The second-order valence-electron chi connectivity index (χ2n) is 18.3. The second kappa shape index (κ2) is 19.5. The van der Waals surface area contributed by atoms with Crippen LogP contribution in [0.5, 0.6) is 0 Å². The Balaban J connectivity index is 0.867. The maximum Gasteiger partial charge on any atom is 0.173 e. The van der Waals surface area contributed by atoms with Crippen molar-refractivity contribution in [3.05, 3.63) is 285 Å². The summed E-state index contributed by atoms with van der Waals surface area (Å²) in [7, 11) is 0. The van der Waals surface area contributed by atoms with Gasteiger partial charge in [0.2, 0.25) is 0 Å². The molecular weight excluding hydrogens is 919 g/mol. The maximum atomic E-state index is 4.85. The van der Waals surface area contributed by atoms with Gasteiger partial charge in [0.05, 0.1) is 11.0 Å². The van der Waals surface area contributed by atoms with Gasteiger partial charge in [-0.3, -0.25) is 0 Å². The lowest BCUT2D eigenvalue weighted by atomic mass is 9.99. The van der Waals surface area contributed by atoms with Gasteiger partial charge in [-0.2, -0.15) is 4.37 Å². The Bertz CT molecular complexity index is 3750. The van der Waals surface area contributed by atoms with Crippen LogP contribution in [0.3, 0.4) is 0 Å². The van der Waals surface area contributed by atoms with Gasteiger partial charge in [-0.25, -0.2) is 4.98 Å². The van der Waals surface area contributed by atoms with Crippen LogP contribution in [0.15, 0.2) is 285 Å². The quantitative estimate of drug-likeness (QED) is 0.122. The van der Waals surface area contributed by atoms with Crippen LogP contribution in [-0.4, -0.2) is 13.9 Å². The summed E-state index contributed by atoms with van der Waals surface area (Å²) in [5.74, 6) is 0.760. The highest BCUT2D eigenvalue weighted by atomic mass is 32.1. The minimum absolute atomic E-state index is 0.760. The fourth-order valence-electron chi connectivity index (χ4n) is 10.1. The van der Waals surface area contributed by atoms with E-state index in [2.05, 4.69) is 274 Å². The molecule has 0 aliphatic rings. The summed E-state index contributed by atoms with van der Waals surface area (Å²) < 4.78 is 7.05. The molecular formula is C68H47N5S. The van der Waals surface area contributed by atoms with Gasteiger partial charge in [0.15, 0.2) is 5.82 Å². The lowest BCUT2D eigenvalue weighted by Crippen LogP contribution is -2.09. The second-order valence-corrected chi connectivity index (χ2v) is 19.1. The first kappa shape index (κ1) is 44.3. The Labute approximate surface area is 435 Å². The molecule has 0 atom stereocenters. The van der Waals surface area contributed by atoms with E-state index in [0.29, 0.717) is 0 Å². The Morgan fingerprint density at radius 1 is 0.284 bits per heavy atom. The van der Waals surface area contributed by atoms with Crippen molar-refractivity contribution in [3.8, 4) is 61.0 Å². The van der Waals surface area contributed by atoms with Crippen LogP contribution in [0.4, 0.5) is 34.1 Å². The van der Waals surface area contributed by atoms with Gasteiger partial charge in [0, 0.05) is 61.7 Å². The minimum atomic E-state index is 0.760. The largest absolute Gasteiger partial charge is 0.311 e. The van der Waals surface area contributed by atoms with Crippen molar-refractivity contribution in [2.45, 2.75) is 0 Å². The fraction of sp³-hybridized carbons (Fsp3) is 0. The van der Waals surface area contributed by atoms with Crippen LogP contribution >= 0.6 is 11.5 Å². The highest BCUT2D eigenvalue weighted by molar-refractivity contribution is 7.09. The molecule has 6 heteroatoms. The molecule has 0 bridgehead atoms. The van der Waals surface area contributed by atoms with E-state index in [1.165, 1.54) is 22.3 Å². The van der Waals surface area contributed by atoms with Gasteiger partial charge in [-0.05, 0) is 154 Å². The zero-order chi connectivity index (χ0) is 49.2. The molecule has 5 nitrogen and oxygen atoms in total. The monoisotopic (exact) mass is 965 g/mol. The van der Waals surface area contributed by atoms with Crippen LogP contribution < -0.4 is 9.80 Å². The molecule has 0 saturated heterocycles. The van der Waals surface area contributed by atoms with Crippen molar-refractivity contribution in [2.24, 2.45) is 0 Å². The molecule has 0 aliphatic carbocycles. The van der Waals surface area contributed by atoms with E-state index in [1.807, 2.05) is 30.3 Å². The van der Waals surface area contributed by atoms with Crippen LogP contribution in [0.1, 0.15) is 0 Å². The molecule has 2 aromatic heterocycles. The van der Waals surface area contributed by atoms with E-state index in [-0.39, 0.29) is 0 Å². The Hall–Kier alpha value is -9.62. The summed E-state index contributed by atoms with van der Waals surface area (Å²) in [5.41, 5.74) is 19.1. The van der Waals surface area contributed by atoms with Crippen LogP contribution in [0, 0.1) is 0 Å². The lowest BCUT2D eigenvalue weighted by molar-refractivity contribution is 1.18. The van der Waals surface area contributed by atoms with Crippen molar-refractivity contribution < 1.29 is 0 Å². The summed E-state index contributed by atoms with van der Waals surface area (Å²) >= 11 is 1.43. The molecule has 74 heavy (non-hydrogen) atoms. The zero-order valence-corrected chi connectivity index (χ0v) is 41.1. The molecule has 0 spiro atoms. The molecule has 350 valence electrons. The van der Waals surface area contributed by atoms with Crippen LogP contribution in [0.2, 0.25) is 0 Å². The summed E-state index contributed by atoms with van der Waals surface area (Å²) in [6, 6.07) is 102. The molecule has 0 fully saturated rings. The van der Waals surface area contributed by atoms with Gasteiger partial charge in [-0.15, -0.1) is 0 Å². The standard InChI is InChI=1S/C68H47N5S/c1-6-16-52(17-7-1)67-69-68(74-70-67)53-28-26-48(27-29-53)49-30-42-62(43-31-49)73-65-44-36-54(50-32-38-60(39-33-50)71(56-18-8-2-9-19-56)57-20-10-3-11-21-57)46-63(65)64-47-55(37-45-66(64)73)51-34-40-61(41-35-51)72(58-22-12-4-13-23-58)59-24-14-5-15-25-59/h1-47H. The van der Waals surface area contributed by atoms with Crippen molar-refractivity contribution in [1.29, 1.82) is 0 Å². The fourth-order valence-corrected chi connectivity index (χ4v) is 10.8. The van der Waals surface area contributed by atoms with Crippen molar-refractivity contribution in [3.63, 3.8) is 0 Å². The lowest BCUT2D eigenvalue weighted by Gasteiger charge is -2.25. The van der Waals surface area contributed by atoms with Gasteiger partial charge in [0.25, 0.3) is 0 Å². The average Bonchev–Trinajstić information content (AvgIpc) is 4.11. The third kappa shape index (κ3) is 8.59. The van der Waals surface area contributed by atoms with Gasteiger partial charge in [-0.1, -0.05) is 176 Å². The Morgan fingerprint density at radius 2 is 0.608 bits per heavy atom. The van der Waals surface area contributed by atoms with E-state index < -0.39 is 0 Å². The molecule has 11 aromatic carbocycles. The number of benzene rings is 11. The number of para-hydroxylation sites is 4. The Morgan fingerprint density at radius 3 is 1.03 bits per heavy atom. The topological polar surface area (TPSA) is 37.2 Å². The molecule has 0 amide bonds. The SMILES string of the molecule is c1ccc(-c2nsc(-c3ccc(-c4ccc(-n5c6ccc(-c7ccc(N(c8ccccc8)c8ccccc8)cc7)cc6c6cc(-c7ccc(N(c8ccccc8)c8ccccc8)cc7)ccc65)cc4)cc3)n2)cc1. The first-order valence-corrected chi connectivity index (χ1v) is 25.7. The molecule has 0 N–H and O–H groups in total. The number of hydrogen-bond donors (Lipinski definition) is 0. The van der Waals surface area contributed by atoms with Gasteiger partial charge in [0.1, 0.15) is 5.01 Å². The Kier molecular flexibility index (Phi) is 11.7. The number of nitrogens with zero attached hydrogens (tertiary/aromatic N) is 5. The van der Waals surface area contributed by atoms with Crippen LogP contribution in [-0.2, 0) is 0 Å². The van der Waals surface area contributed by atoms with Gasteiger partial charge >= 0.3 is 0 Å². The first-order valence-electron chi connectivity index (χ1n) is 24.9. The maximum absolute atomic E-state index is 4.85. The zero-order valence-electron chi connectivity index (χ0n) is 40.3. The smallest absolute Gasteiger partial charge is 0.173 e. The molecule has 0 aliphatic heterocycles. The predicted molar refractivity (Wildman–Crippen MR) is 311 cm³/mol. The van der Waals surface area contributed by atoms with Crippen LogP contribution in [0.25, 0.3) is 82.8 Å². The van der Waals surface area contributed by atoms with E-state index in [9.17, 15) is 0 Å². The highest BCUT2D eigenvalue weighted by Gasteiger charge is 2.18. The molecule has 0 saturated carbocycles. The van der Waals surface area contributed by atoms with E-state index in [1.54, 1.807) is 0 Å². The molecule has 2 heterocycles. The minimum Gasteiger partial charge on any atom is -0.311 e. The average molecular weight is 966 g/mol. The third-order valence-corrected chi connectivity index (χ3v) is 14.6. The first-order chi connectivity index (χ1) is 36.7. The number of anilines is 6. The molecule has 13 rings (SSSR count).